The van der Waals surface area contributed by atoms with Crippen LogP contribution < -0.4 is 4.90 Å². The van der Waals surface area contributed by atoms with Crippen LogP contribution in [0.3, 0.4) is 0 Å². The third-order valence-corrected chi connectivity index (χ3v) is 6.85. The summed E-state index contributed by atoms with van der Waals surface area (Å²) in [5, 5.41) is 9.78. The van der Waals surface area contributed by atoms with E-state index in [-0.39, 0.29) is 0 Å². The van der Waals surface area contributed by atoms with Crippen molar-refractivity contribution in [1.29, 1.82) is 5.41 Å². The Balaban J connectivity index is 1.43. The van der Waals surface area contributed by atoms with Crippen LogP contribution in [0.25, 0.3) is 22.6 Å². The molecular formula is C31H26N2O. The van der Waals surface area contributed by atoms with Crippen LogP contribution in [-0.2, 0) is 6.42 Å². The molecule has 1 heterocycles. The Hall–Kier alpha value is -4.07. The first-order valence-corrected chi connectivity index (χ1v) is 11.9. The summed E-state index contributed by atoms with van der Waals surface area (Å²) < 4.78 is 6.27. The van der Waals surface area contributed by atoms with Gasteiger partial charge in [0.2, 0.25) is 0 Å². The van der Waals surface area contributed by atoms with Crippen LogP contribution in [-0.4, -0.2) is 12.8 Å². The second-order valence-corrected chi connectivity index (χ2v) is 8.93. The van der Waals surface area contributed by atoms with Crippen molar-refractivity contribution in [2.24, 2.45) is 0 Å². The molecule has 0 spiro atoms. The molecule has 0 radical (unpaired) electrons. The van der Waals surface area contributed by atoms with Gasteiger partial charge < -0.3 is 9.32 Å². The number of nitrogens with one attached hydrogen (secondary N) is 1. The van der Waals surface area contributed by atoms with E-state index in [1.54, 1.807) is 0 Å². The second kappa shape index (κ2) is 8.37. The molecule has 0 fully saturated rings. The van der Waals surface area contributed by atoms with Crippen LogP contribution in [0.2, 0.25) is 0 Å². The van der Waals surface area contributed by atoms with E-state index in [4.69, 9.17) is 9.83 Å². The van der Waals surface area contributed by atoms with Crippen LogP contribution in [0, 0.1) is 5.41 Å². The summed E-state index contributed by atoms with van der Waals surface area (Å²) in [6.07, 6.45) is 10.6. The van der Waals surface area contributed by atoms with E-state index in [0.717, 1.165) is 59.5 Å². The van der Waals surface area contributed by atoms with E-state index < -0.39 is 0 Å². The molecule has 3 heteroatoms. The SMILES string of the molecule is CN(c1ccc(C(=N)c2ccccc2)cc1)c1ccc2oc3c(c2c1C1=C=CCC1)C=CCC3. The number of fused-ring (bicyclic) bond motifs is 3. The van der Waals surface area contributed by atoms with Gasteiger partial charge in [-0.3, -0.25) is 5.41 Å². The molecule has 0 atom stereocenters. The van der Waals surface area contributed by atoms with Crippen molar-refractivity contribution in [3.05, 3.63) is 113 Å². The number of rotatable bonds is 5. The molecule has 4 aromatic rings. The highest BCUT2D eigenvalue weighted by molar-refractivity contribution is 6.11. The van der Waals surface area contributed by atoms with E-state index in [1.807, 2.05) is 42.5 Å². The largest absolute Gasteiger partial charge is 0.460 e. The number of aryl methyl sites for hydroxylation is 1. The average molecular weight is 443 g/mol. The molecule has 0 unspecified atom stereocenters. The van der Waals surface area contributed by atoms with Gasteiger partial charge in [0.15, 0.2) is 0 Å². The van der Waals surface area contributed by atoms with Crippen LogP contribution >= 0.6 is 0 Å². The zero-order chi connectivity index (χ0) is 23.1. The topological polar surface area (TPSA) is 40.2 Å². The van der Waals surface area contributed by atoms with Crippen molar-refractivity contribution >= 4 is 39.7 Å². The molecule has 0 saturated carbocycles. The maximum absolute atomic E-state index is 8.58. The lowest BCUT2D eigenvalue weighted by molar-refractivity contribution is 0.546. The van der Waals surface area contributed by atoms with Gasteiger partial charge in [-0.25, -0.2) is 0 Å². The van der Waals surface area contributed by atoms with E-state index in [0.29, 0.717) is 5.71 Å². The molecule has 0 aliphatic heterocycles. The van der Waals surface area contributed by atoms with Crippen molar-refractivity contribution < 1.29 is 4.42 Å². The minimum atomic E-state index is 0.537. The third-order valence-electron chi connectivity index (χ3n) is 6.85. The first-order valence-electron chi connectivity index (χ1n) is 11.9. The van der Waals surface area contributed by atoms with Gasteiger partial charge >= 0.3 is 0 Å². The number of benzene rings is 3. The van der Waals surface area contributed by atoms with Gasteiger partial charge in [0.25, 0.3) is 0 Å². The molecule has 6 rings (SSSR count). The van der Waals surface area contributed by atoms with Crippen LogP contribution in [0.1, 0.15) is 47.3 Å². The Kier molecular flexibility index (Phi) is 5.05. The van der Waals surface area contributed by atoms with Gasteiger partial charge in [-0.1, -0.05) is 54.6 Å². The zero-order valence-electron chi connectivity index (χ0n) is 19.3. The van der Waals surface area contributed by atoms with Crippen molar-refractivity contribution in [3.8, 4) is 0 Å². The fraction of sp³-hybridized carbons (Fsp3) is 0.161. The van der Waals surface area contributed by atoms with Gasteiger partial charge in [0, 0.05) is 52.5 Å². The number of anilines is 2. The van der Waals surface area contributed by atoms with Gasteiger partial charge in [-0.2, -0.15) is 0 Å². The third kappa shape index (κ3) is 3.42. The highest BCUT2D eigenvalue weighted by Crippen LogP contribution is 2.43. The minimum absolute atomic E-state index is 0.537. The van der Waals surface area contributed by atoms with E-state index in [1.165, 1.54) is 22.1 Å². The fourth-order valence-electron chi connectivity index (χ4n) is 5.06. The monoisotopic (exact) mass is 442 g/mol. The molecular weight excluding hydrogens is 416 g/mol. The van der Waals surface area contributed by atoms with E-state index >= 15 is 0 Å². The van der Waals surface area contributed by atoms with Gasteiger partial charge in [-0.15, -0.1) is 5.73 Å². The predicted molar refractivity (Wildman–Crippen MR) is 141 cm³/mol. The van der Waals surface area contributed by atoms with Crippen LogP contribution in [0.15, 0.2) is 89.0 Å². The summed E-state index contributed by atoms with van der Waals surface area (Å²) >= 11 is 0. The first kappa shape index (κ1) is 20.5. The lowest BCUT2D eigenvalue weighted by Gasteiger charge is -2.24. The molecule has 34 heavy (non-hydrogen) atoms. The lowest BCUT2D eigenvalue weighted by atomic mass is 9.93. The van der Waals surface area contributed by atoms with Gasteiger partial charge in [-0.05, 0) is 55.2 Å². The quantitative estimate of drug-likeness (QED) is 0.252. The summed E-state index contributed by atoms with van der Waals surface area (Å²) in [5.74, 6) is 1.09. The summed E-state index contributed by atoms with van der Waals surface area (Å²) in [6.45, 7) is 0. The number of furan rings is 1. The summed E-state index contributed by atoms with van der Waals surface area (Å²) in [4.78, 5) is 2.24. The molecule has 2 aliphatic rings. The molecule has 3 nitrogen and oxygen atoms in total. The normalized spacial score (nSPS) is 14.3. The maximum atomic E-state index is 8.58. The molecule has 0 amide bonds. The average Bonchev–Trinajstić information content (AvgIpc) is 3.56. The highest BCUT2D eigenvalue weighted by Gasteiger charge is 2.24. The van der Waals surface area contributed by atoms with Crippen molar-refractivity contribution in [1.82, 2.24) is 0 Å². The lowest BCUT2D eigenvalue weighted by Crippen LogP contribution is -2.12. The van der Waals surface area contributed by atoms with Crippen molar-refractivity contribution in [2.45, 2.75) is 25.7 Å². The maximum Gasteiger partial charge on any atom is 0.135 e. The van der Waals surface area contributed by atoms with Crippen LogP contribution in [0.4, 0.5) is 11.4 Å². The Bertz CT molecular complexity index is 1500. The smallest absolute Gasteiger partial charge is 0.135 e. The Morgan fingerprint density at radius 2 is 1.71 bits per heavy atom. The standard InChI is InChI=1S/C31H26N2O/c1-33(24-17-15-23(16-18-24)31(32)22-11-3-2-4-12-22)26-19-20-28-30(29(26)21-9-5-6-10-21)25-13-7-8-14-27(25)34-28/h2-5,7,11-13,15-20,32H,6,8,10,14H2,1H3. The Labute approximate surface area is 199 Å². The van der Waals surface area contributed by atoms with E-state index in [9.17, 15) is 0 Å². The van der Waals surface area contributed by atoms with E-state index in [2.05, 4.69) is 60.2 Å². The molecule has 3 aromatic carbocycles. The Morgan fingerprint density at radius 3 is 2.47 bits per heavy atom. The molecule has 0 bridgehead atoms. The molecule has 1 aromatic heterocycles. The molecule has 166 valence electrons. The summed E-state index contributed by atoms with van der Waals surface area (Å²) in [7, 11) is 2.11. The van der Waals surface area contributed by atoms with Gasteiger partial charge in [0.1, 0.15) is 11.3 Å². The Morgan fingerprint density at radius 1 is 0.912 bits per heavy atom. The highest BCUT2D eigenvalue weighted by atomic mass is 16.3. The summed E-state index contributed by atoms with van der Waals surface area (Å²) in [6, 6.07) is 22.4. The predicted octanol–water partition coefficient (Wildman–Crippen LogP) is 7.91. The second-order valence-electron chi connectivity index (χ2n) is 8.93. The zero-order valence-corrected chi connectivity index (χ0v) is 19.3. The number of allylic oxidation sites excluding steroid dienone is 2. The molecule has 0 saturated heterocycles. The minimum Gasteiger partial charge on any atom is -0.460 e. The molecule has 1 N–H and O–H groups in total. The number of hydrogen-bond donors (Lipinski definition) is 1. The van der Waals surface area contributed by atoms with Crippen molar-refractivity contribution in [3.63, 3.8) is 0 Å². The summed E-state index contributed by atoms with van der Waals surface area (Å²) in [5.41, 5.74) is 12.8. The van der Waals surface area contributed by atoms with Crippen molar-refractivity contribution in [2.75, 3.05) is 11.9 Å². The van der Waals surface area contributed by atoms with Gasteiger partial charge in [0.05, 0.1) is 5.71 Å². The molecule has 2 aliphatic carbocycles. The van der Waals surface area contributed by atoms with Crippen LogP contribution in [0.5, 0.6) is 0 Å². The fourth-order valence-corrected chi connectivity index (χ4v) is 5.06. The first-order chi connectivity index (χ1) is 16.7. The number of hydrogen-bond acceptors (Lipinski definition) is 3. The number of nitrogens with zero attached hydrogens (tertiary/aromatic N) is 1.